The number of ether oxygens (including phenoxy) is 1. The van der Waals surface area contributed by atoms with Crippen LogP contribution >= 0.6 is 0 Å². The highest BCUT2D eigenvalue weighted by molar-refractivity contribution is 5.47. The van der Waals surface area contributed by atoms with Gasteiger partial charge in [0.1, 0.15) is 6.10 Å². The Hall–Kier alpha value is -2.07. The van der Waals surface area contributed by atoms with Gasteiger partial charge >= 0.3 is 0 Å². The second kappa shape index (κ2) is 6.14. The molecule has 3 rings (SSSR count). The van der Waals surface area contributed by atoms with Crippen LogP contribution in [0.3, 0.4) is 0 Å². The van der Waals surface area contributed by atoms with Gasteiger partial charge in [-0.1, -0.05) is 30.3 Å². The van der Waals surface area contributed by atoms with Crippen molar-refractivity contribution in [1.29, 1.82) is 0 Å². The Morgan fingerprint density at radius 2 is 2.14 bits per heavy atom. The minimum absolute atomic E-state index is 0.198. The van der Waals surface area contributed by atoms with Gasteiger partial charge in [0.2, 0.25) is 5.88 Å². The number of pyridine rings is 1. The zero-order valence-corrected chi connectivity index (χ0v) is 12.3. The standard InChI is InChI=1S/C17H21N3O/c1-13-10-19-17(9-16(13)18)21-15-7-8-20(12-15)11-14-5-3-2-4-6-14/h2-6,9-10,15H,7-8,11-12H2,1H3,(H2,18,19). The Kier molecular flexibility index (Phi) is 4.06. The fourth-order valence-electron chi connectivity index (χ4n) is 2.63. The van der Waals surface area contributed by atoms with Crippen molar-refractivity contribution in [3.05, 3.63) is 53.7 Å². The topological polar surface area (TPSA) is 51.4 Å². The Balaban J connectivity index is 1.56. The van der Waals surface area contributed by atoms with E-state index in [0.29, 0.717) is 5.88 Å². The van der Waals surface area contributed by atoms with Crippen molar-refractivity contribution in [2.24, 2.45) is 0 Å². The fraction of sp³-hybridized carbons (Fsp3) is 0.353. The van der Waals surface area contributed by atoms with E-state index in [1.54, 1.807) is 6.20 Å². The summed E-state index contributed by atoms with van der Waals surface area (Å²) in [5.41, 5.74) is 8.96. The molecule has 2 heterocycles. The van der Waals surface area contributed by atoms with Crippen molar-refractivity contribution in [1.82, 2.24) is 9.88 Å². The maximum Gasteiger partial charge on any atom is 0.215 e. The van der Waals surface area contributed by atoms with Crippen LogP contribution in [0.2, 0.25) is 0 Å². The Morgan fingerprint density at radius 1 is 1.33 bits per heavy atom. The van der Waals surface area contributed by atoms with E-state index in [4.69, 9.17) is 10.5 Å². The van der Waals surface area contributed by atoms with Gasteiger partial charge in [0.05, 0.1) is 0 Å². The van der Waals surface area contributed by atoms with E-state index < -0.39 is 0 Å². The third-order valence-electron chi connectivity index (χ3n) is 3.89. The number of nitrogen functional groups attached to an aromatic ring is 1. The lowest BCUT2D eigenvalue weighted by Crippen LogP contribution is -2.24. The van der Waals surface area contributed by atoms with E-state index in [1.165, 1.54) is 5.56 Å². The third kappa shape index (κ3) is 3.52. The summed E-state index contributed by atoms with van der Waals surface area (Å²) in [6.45, 7) is 4.92. The second-order valence-electron chi connectivity index (χ2n) is 5.63. The maximum atomic E-state index is 5.95. The number of aryl methyl sites for hydroxylation is 1. The SMILES string of the molecule is Cc1cnc(OC2CCN(Cc3ccccc3)C2)cc1N. The molecule has 2 N–H and O–H groups in total. The van der Waals surface area contributed by atoms with E-state index in [9.17, 15) is 0 Å². The molecule has 110 valence electrons. The van der Waals surface area contributed by atoms with Gasteiger partial charge < -0.3 is 10.5 Å². The van der Waals surface area contributed by atoms with E-state index in [1.807, 2.05) is 19.1 Å². The largest absolute Gasteiger partial charge is 0.473 e. The minimum Gasteiger partial charge on any atom is -0.473 e. The number of likely N-dealkylation sites (tertiary alicyclic amines) is 1. The molecule has 1 aliphatic heterocycles. The molecule has 1 saturated heterocycles. The average Bonchev–Trinajstić information content (AvgIpc) is 2.91. The summed E-state index contributed by atoms with van der Waals surface area (Å²) >= 11 is 0. The molecule has 1 aromatic carbocycles. The van der Waals surface area contributed by atoms with E-state index in [0.717, 1.165) is 37.3 Å². The third-order valence-corrected chi connectivity index (χ3v) is 3.89. The first-order chi connectivity index (χ1) is 10.2. The highest BCUT2D eigenvalue weighted by Crippen LogP contribution is 2.21. The molecule has 1 unspecified atom stereocenters. The summed E-state index contributed by atoms with van der Waals surface area (Å²) in [5, 5.41) is 0. The molecular formula is C17H21N3O. The van der Waals surface area contributed by atoms with Crippen LogP contribution in [0.1, 0.15) is 17.5 Å². The molecule has 0 radical (unpaired) electrons. The summed E-state index contributed by atoms with van der Waals surface area (Å²) in [6, 6.07) is 12.4. The van der Waals surface area contributed by atoms with Gasteiger partial charge in [0.25, 0.3) is 0 Å². The van der Waals surface area contributed by atoms with Gasteiger partial charge in [-0.25, -0.2) is 4.98 Å². The van der Waals surface area contributed by atoms with E-state index in [-0.39, 0.29) is 6.10 Å². The molecule has 1 fully saturated rings. The Morgan fingerprint density at radius 3 is 2.90 bits per heavy atom. The van der Waals surface area contributed by atoms with Crippen molar-refractivity contribution in [2.45, 2.75) is 26.0 Å². The van der Waals surface area contributed by atoms with Gasteiger partial charge in [-0.05, 0) is 24.5 Å². The molecule has 0 saturated carbocycles. The van der Waals surface area contributed by atoms with Crippen LogP contribution in [-0.4, -0.2) is 29.1 Å². The first-order valence-corrected chi connectivity index (χ1v) is 7.36. The van der Waals surface area contributed by atoms with Crippen molar-refractivity contribution in [3.8, 4) is 5.88 Å². The number of nitrogens with zero attached hydrogens (tertiary/aromatic N) is 2. The van der Waals surface area contributed by atoms with Crippen LogP contribution < -0.4 is 10.5 Å². The number of hydrogen-bond acceptors (Lipinski definition) is 4. The molecular weight excluding hydrogens is 262 g/mol. The lowest BCUT2D eigenvalue weighted by Gasteiger charge is -2.16. The van der Waals surface area contributed by atoms with Crippen LogP contribution in [-0.2, 0) is 6.54 Å². The first-order valence-electron chi connectivity index (χ1n) is 7.36. The normalized spacial score (nSPS) is 18.8. The monoisotopic (exact) mass is 283 g/mol. The van der Waals surface area contributed by atoms with Gasteiger partial charge in [-0.2, -0.15) is 0 Å². The highest BCUT2D eigenvalue weighted by Gasteiger charge is 2.24. The molecule has 0 amide bonds. The Labute approximate surface area is 125 Å². The van der Waals surface area contributed by atoms with Gasteiger partial charge in [-0.15, -0.1) is 0 Å². The molecule has 0 spiro atoms. The number of hydrogen-bond donors (Lipinski definition) is 1. The second-order valence-corrected chi connectivity index (χ2v) is 5.63. The van der Waals surface area contributed by atoms with Crippen molar-refractivity contribution >= 4 is 5.69 Å². The van der Waals surface area contributed by atoms with Crippen LogP contribution in [0, 0.1) is 6.92 Å². The molecule has 0 aliphatic carbocycles. The number of rotatable bonds is 4. The molecule has 1 aromatic heterocycles. The van der Waals surface area contributed by atoms with Crippen molar-refractivity contribution < 1.29 is 4.74 Å². The molecule has 0 bridgehead atoms. The molecule has 4 heteroatoms. The number of aromatic nitrogens is 1. The summed E-state index contributed by atoms with van der Waals surface area (Å²) in [6.07, 6.45) is 2.99. The number of benzene rings is 1. The maximum absolute atomic E-state index is 5.95. The van der Waals surface area contributed by atoms with Crippen LogP contribution in [0.4, 0.5) is 5.69 Å². The summed E-state index contributed by atoms with van der Waals surface area (Å²) in [4.78, 5) is 6.71. The fourth-order valence-corrected chi connectivity index (χ4v) is 2.63. The number of nitrogens with two attached hydrogens (primary N) is 1. The lowest BCUT2D eigenvalue weighted by atomic mass is 10.2. The Bertz CT molecular complexity index is 600. The lowest BCUT2D eigenvalue weighted by molar-refractivity contribution is 0.191. The van der Waals surface area contributed by atoms with Gasteiger partial charge in [-0.3, -0.25) is 4.90 Å². The quantitative estimate of drug-likeness (QED) is 0.937. The zero-order chi connectivity index (χ0) is 14.7. The summed E-state index contributed by atoms with van der Waals surface area (Å²) in [7, 11) is 0. The smallest absolute Gasteiger partial charge is 0.215 e. The molecule has 4 nitrogen and oxygen atoms in total. The number of anilines is 1. The molecule has 2 aromatic rings. The van der Waals surface area contributed by atoms with Gasteiger partial charge in [0.15, 0.2) is 0 Å². The molecule has 1 atom stereocenters. The zero-order valence-electron chi connectivity index (χ0n) is 12.3. The van der Waals surface area contributed by atoms with Crippen molar-refractivity contribution in [3.63, 3.8) is 0 Å². The molecule has 21 heavy (non-hydrogen) atoms. The van der Waals surface area contributed by atoms with Crippen LogP contribution in [0.5, 0.6) is 5.88 Å². The van der Waals surface area contributed by atoms with Crippen LogP contribution in [0.15, 0.2) is 42.6 Å². The summed E-state index contributed by atoms with van der Waals surface area (Å²) in [5.74, 6) is 0.629. The predicted molar refractivity (Wildman–Crippen MR) is 84.1 cm³/mol. The molecule has 1 aliphatic rings. The average molecular weight is 283 g/mol. The van der Waals surface area contributed by atoms with E-state index >= 15 is 0 Å². The summed E-state index contributed by atoms with van der Waals surface area (Å²) < 4.78 is 5.95. The first kappa shape index (κ1) is 13.9. The van der Waals surface area contributed by atoms with Crippen LogP contribution in [0.25, 0.3) is 0 Å². The highest BCUT2D eigenvalue weighted by atomic mass is 16.5. The minimum atomic E-state index is 0.198. The van der Waals surface area contributed by atoms with E-state index in [2.05, 4.69) is 34.1 Å². The predicted octanol–water partition coefficient (Wildman–Crippen LogP) is 2.63. The van der Waals surface area contributed by atoms with Gasteiger partial charge in [0, 0.05) is 37.6 Å². The van der Waals surface area contributed by atoms with Crippen molar-refractivity contribution in [2.75, 3.05) is 18.8 Å².